The quantitative estimate of drug-likeness (QED) is 0.504. The summed E-state index contributed by atoms with van der Waals surface area (Å²) in [6.45, 7) is 9.02. The smallest absolute Gasteiger partial charge is 0.226 e. The van der Waals surface area contributed by atoms with E-state index in [0.717, 1.165) is 21.8 Å². The summed E-state index contributed by atoms with van der Waals surface area (Å²) < 4.78 is 11.3. The Kier molecular flexibility index (Phi) is 7.46. The molecular weight excluding hydrogens is 396 g/mol. The van der Waals surface area contributed by atoms with Crippen LogP contribution in [0.4, 0.5) is 0 Å². The van der Waals surface area contributed by atoms with E-state index >= 15 is 0 Å². The SMILES string of the molecule is CCOc1ccc(C(C)NC(=O)Cc2csc(-c3cccc(C)c3)n2)cc1OCC. The maximum absolute atomic E-state index is 12.6. The second-order valence-corrected chi connectivity index (χ2v) is 7.91. The monoisotopic (exact) mass is 424 g/mol. The van der Waals surface area contributed by atoms with Gasteiger partial charge in [-0.15, -0.1) is 11.3 Å². The van der Waals surface area contributed by atoms with Crippen molar-refractivity contribution >= 4 is 17.2 Å². The number of benzene rings is 2. The van der Waals surface area contributed by atoms with Gasteiger partial charge in [0.1, 0.15) is 5.01 Å². The van der Waals surface area contributed by atoms with Crippen molar-refractivity contribution in [2.24, 2.45) is 0 Å². The summed E-state index contributed by atoms with van der Waals surface area (Å²) >= 11 is 1.56. The van der Waals surface area contributed by atoms with Gasteiger partial charge in [-0.1, -0.05) is 29.8 Å². The van der Waals surface area contributed by atoms with Crippen molar-refractivity contribution in [3.8, 4) is 22.1 Å². The van der Waals surface area contributed by atoms with Crippen molar-refractivity contribution in [2.45, 2.75) is 40.2 Å². The summed E-state index contributed by atoms with van der Waals surface area (Å²) in [5, 5.41) is 5.94. The molecule has 1 heterocycles. The third-order valence-corrected chi connectivity index (χ3v) is 5.54. The van der Waals surface area contributed by atoms with E-state index in [-0.39, 0.29) is 18.4 Å². The summed E-state index contributed by atoms with van der Waals surface area (Å²) in [7, 11) is 0. The first kappa shape index (κ1) is 21.8. The maximum atomic E-state index is 12.6. The van der Waals surface area contributed by atoms with Crippen molar-refractivity contribution in [2.75, 3.05) is 13.2 Å². The van der Waals surface area contributed by atoms with Gasteiger partial charge >= 0.3 is 0 Å². The molecule has 0 spiro atoms. The maximum Gasteiger partial charge on any atom is 0.226 e. The van der Waals surface area contributed by atoms with Gasteiger partial charge in [0.25, 0.3) is 0 Å². The lowest BCUT2D eigenvalue weighted by atomic mass is 10.1. The molecule has 1 unspecified atom stereocenters. The minimum atomic E-state index is -0.151. The summed E-state index contributed by atoms with van der Waals surface area (Å²) in [5.74, 6) is 1.35. The van der Waals surface area contributed by atoms with E-state index in [1.165, 1.54) is 5.56 Å². The van der Waals surface area contributed by atoms with Crippen LogP contribution in [0.5, 0.6) is 11.5 Å². The highest BCUT2D eigenvalue weighted by atomic mass is 32.1. The Hall–Kier alpha value is -2.86. The van der Waals surface area contributed by atoms with Crippen molar-refractivity contribution in [3.63, 3.8) is 0 Å². The van der Waals surface area contributed by atoms with Gasteiger partial charge in [-0.2, -0.15) is 0 Å². The van der Waals surface area contributed by atoms with Gasteiger partial charge < -0.3 is 14.8 Å². The second kappa shape index (κ2) is 10.3. The van der Waals surface area contributed by atoms with Gasteiger partial charge in [-0.25, -0.2) is 4.98 Å². The van der Waals surface area contributed by atoms with E-state index in [4.69, 9.17) is 9.47 Å². The number of ether oxygens (including phenoxy) is 2. The zero-order valence-electron chi connectivity index (χ0n) is 17.9. The normalized spacial score (nSPS) is 11.7. The number of carbonyl (C=O) groups is 1. The zero-order valence-corrected chi connectivity index (χ0v) is 18.7. The summed E-state index contributed by atoms with van der Waals surface area (Å²) in [6, 6.07) is 13.9. The second-order valence-electron chi connectivity index (χ2n) is 7.05. The first-order valence-electron chi connectivity index (χ1n) is 10.2. The van der Waals surface area contributed by atoms with Crippen LogP contribution >= 0.6 is 11.3 Å². The predicted molar refractivity (Wildman–Crippen MR) is 121 cm³/mol. The lowest BCUT2D eigenvalue weighted by Gasteiger charge is -2.17. The van der Waals surface area contributed by atoms with Crippen LogP contribution in [0, 0.1) is 6.92 Å². The van der Waals surface area contributed by atoms with Gasteiger partial charge in [-0.05, 0) is 51.5 Å². The number of aromatic nitrogens is 1. The van der Waals surface area contributed by atoms with Crippen LogP contribution < -0.4 is 14.8 Å². The molecule has 0 radical (unpaired) electrons. The number of thiazole rings is 1. The van der Waals surface area contributed by atoms with Gasteiger partial charge in [0.15, 0.2) is 11.5 Å². The van der Waals surface area contributed by atoms with Crippen LogP contribution in [0.3, 0.4) is 0 Å². The molecule has 6 heteroatoms. The average molecular weight is 425 g/mol. The highest BCUT2D eigenvalue weighted by Crippen LogP contribution is 2.31. The molecule has 0 aliphatic carbocycles. The molecule has 158 valence electrons. The molecular formula is C24H28N2O3S. The molecule has 2 aromatic carbocycles. The summed E-state index contributed by atoms with van der Waals surface area (Å²) in [4.78, 5) is 17.2. The van der Waals surface area contributed by atoms with Gasteiger partial charge in [0.05, 0.1) is 31.4 Å². The van der Waals surface area contributed by atoms with E-state index in [1.807, 2.05) is 56.5 Å². The number of hydrogen-bond donors (Lipinski definition) is 1. The number of amides is 1. The van der Waals surface area contributed by atoms with E-state index < -0.39 is 0 Å². The third-order valence-electron chi connectivity index (χ3n) is 4.60. The van der Waals surface area contributed by atoms with Crippen LogP contribution in [-0.2, 0) is 11.2 Å². The topological polar surface area (TPSA) is 60.5 Å². The molecule has 0 fully saturated rings. The average Bonchev–Trinajstić information content (AvgIpc) is 3.18. The Morgan fingerprint density at radius 3 is 2.60 bits per heavy atom. The molecule has 30 heavy (non-hydrogen) atoms. The molecule has 1 atom stereocenters. The molecule has 0 bridgehead atoms. The Balaban J connectivity index is 1.64. The van der Waals surface area contributed by atoms with E-state index in [1.54, 1.807) is 11.3 Å². The van der Waals surface area contributed by atoms with E-state index in [2.05, 4.69) is 29.4 Å². The molecule has 0 aliphatic rings. The van der Waals surface area contributed by atoms with Crippen LogP contribution in [-0.4, -0.2) is 24.1 Å². The first-order valence-corrected chi connectivity index (χ1v) is 11.1. The fourth-order valence-electron chi connectivity index (χ4n) is 3.18. The molecule has 0 saturated heterocycles. The van der Waals surface area contributed by atoms with Crippen molar-refractivity contribution in [1.29, 1.82) is 0 Å². The minimum Gasteiger partial charge on any atom is -0.490 e. The molecule has 1 amide bonds. The molecule has 0 saturated carbocycles. The predicted octanol–water partition coefficient (Wildman–Crippen LogP) is 5.34. The Bertz CT molecular complexity index is 1000. The Labute approximate surface area is 182 Å². The summed E-state index contributed by atoms with van der Waals surface area (Å²) in [6.07, 6.45) is 0.252. The standard InChI is InChI=1S/C24H28N2O3S/c1-5-28-21-11-10-18(13-22(21)29-6-2)17(4)25-23(27)14-20-15-30-24(26-20)19-9-7-8-16(3)12-19/h7-13,15,17H,5-6,14H2,1-4H3,(H,25,27). The molecule has 3 aromatic rings. The fraction of sp³-hybridized carbons (Fsp3) is 0.333. The summed E-state index contributed by atoms with van der Waals surface area (Å²) in [5.41, 5.74) is 4.02. The van der Waals surface area contributed by atoms with Crippen LogP contribution in [0.2, 0.25) is 0 Å². The van der Waals surface area contributed by atoms with Gasteiger partial charge in [0, 0.05) is 10.9 Å². The van der Waals surface area contributed by atoms with Gasteiger partial charge in [-0.3, -0.25) is 4.79 Å². The molecule has 5 nitrogen and oxygen atoms in total. The Morgan fingerprint density at radius 1 is 1.10 bits per heavy atom. The first-order chi connectivity index (χ1) is 14.5. The number of aryl methyl sites for hydroxylation is 1. The number of hydrogen-bond acceptors (Lipinski definition) is 5. The molecule has 1 aromatic heterocycles. The minimum absolute atomic E-state index is 0.0598. The van der Waals surface area contributed by atoms with Crippen LogP contribution in [0.1, 0.15) is 43.6 Å². The van der Waals surface area contributed by atoms with Crippen LogP contribution in [0.25, 0.3) is 10.6 Å². The number of nitrogens with one attached hydrogen (secondary N) is 1. The van der Waals surface area contributed by atoms with Crippen molar-refractivity contribution in [1.82, 2.24) is 10.3 Å². The largest absolute Gasteiger partial charge is 0.490 e. The molecule has 3 rings (SSSR count). The third kappa shape index (κ3) is 5.60. The number of nitrogens with zero attached hydrogens (tertiary/aromatic N) is 1. The molecule has 0 aliphatic heterocycles. The number of carbonyl (C=O) groups excluding carboxylic acids is 1. The number of rotatable bonds is 9. The van der Waals surface area contributed by atoms with Crippen molar-refractivity contribution < 1.29 is 14.3 Å². The fourth-order valence-corrected chi connectivity index (χ4v) is 3.99. The van der Waals surface area contributed by atoms with E-state index in [0.29, 0.717) is 24.7 Å². The van der Waals surface area contributed by atoms with E-state index in [9.17, 15) is 4.79 Å². The zero-order chi connectivity index (χ0) is 21.5. The lowest BCUT2D eigenvalue weighted by molar-refractivity contribution is -0.121. The van der Waals surface area contributed by atoms with Crippen LogP contribution in [0.15, 0.2) is 47.8 Å². The Morgan fingerprint density at radius 2 is 1.87 bits per heavy atom. The van der Waals surface area contributed by atoms with Gasteiger partial charge in [0.2, 0.25) is 5.91 Å². The van der Waals surface area contributed by atoms with Crippen molar-refractivity contribution in [3.05, 3.63) is 64.7 Å². The lowest BCUT2D eigenvalue weighted by Crippen LogP contribution is -2.28. The highest BCUT2D eigenvalue weighted by Gasteiger charge is 2.15. The molecule has 1 N–H and O–H groups in total. The highest BCUT2D eigenvalue weighted by molar-refractivity contribution is 7.13.